The lowest BCUT2D eigenvalue weighted by atomic mass is 10.2. The van der Waals surface area contributed by atoms with E-state index in [0.29, 0.717) is 5.95 Å². The van der Waals surface area contributed by atoms with Gasteiger partial charge in [0.2, 0.25) is 5.95 Å². The van der Waals surface area contributed by atoms with Crippen LogP contribution in [0.1, 0.15) is 32.6 Å². The van der Waals surface area contributed by atoms with Gasteiger partial charge < -0.3 is 10.3 Å². The van der Waals surface area contributed by atoms with Crippen LogP contribution in [0.4, 0.5) is 5.95 Å². The molecule has 3 nitrogen and oxygen atoms in total. The van der Waals surface area contributed by atoms with E-state index in [-0.39, 0.29) is 0 Å². The summed E-state index contributed by atoms with van der Waals surface area (Å²) in [6, 6.07) is 6.08. The molecule has 0 atom stereocenters. The van der Waals surface area contributed by atoms with Gasteiger partial charge in [-0.1, -0.05) is 42.1 Å². The van der Waals surface area contributed by atoms with E-state index in [1.54, 1.807) is 0 Å². The molecule has 0 spiro atoms. The Kier molecular flexibility index (Phi) is 4.05. The van der Waals surface area contributed by atoms with Crippen molar-refractivity contribution in [2.75, 3.05) is 5.73 Å². The Hall–Kier alpha value is -1.03. The highest BCUT2D eigenvalue weighted by atomic mass is 79.9. The fourth-order valence-electron chi connectivity index (χ4n) is 2.05. The number of halogens is 1. The summed E-state index contributed by atoms with van der Waals surface area (Å²) in [5.41, 5.74) is 8.05. The third kappa shape index (κ3) is 2.80. The van der Waals surface area contributed by atoms with Gasteiger partial charge >= 0.3 is 0 Å². The van der Waals surface area contributed by atoms with E-state index in [1.165, 1.54) is 19.3 Å². The minimum Gasteiger partial charge on any atom is -0.369 e. The predicted molar refractivity (Wildman–Crippen MR) is 76.0 cm³/mol. The first-order valence-electron chi connectivity index (χ1n) is 6.13. The van der Waals surface area contributed by atoms with E-state index >= 15 is 0 Å². The Morgan fingerprint density at radius 2 is 2.12 bits per heavy atom. The molecule has 0 amide bonds. The molecule has 0 saturated heterocycles. The van der Waals surface area contributed by atoms with Gasteiger partial charge in [0, 0.05) is 11.0 Å². The third-order valence-corrected chi connectivity index (χ3v) is 3.47. The fraction of sp³-hybridized carbons (Fsp3) is 0.462. The normalized spacial score (nSPS) is 11.2. The molecule has 1 heterocycles. The van der Waals surface area contributed by atoms with Crippen LogP contribution in [-0.4, -0.2) is 9.55 Å². The summed E-state index contributed by atoms with van der Waals surface area (Å²) in [7, 11) is 0. The zero-order chi connectivity index (χ0) is 12.3. The molecule has 17 heavy (non-hydrogen) atoms. The van der Waals surface area contributed by atoms with Crippen LogP contribution in [0, 0.1) is 0 Å². The zero-order valence-electron chi connectivity index (χ0n) is 10.1. The smallest absolute Gasteiger partial charge is 0.201 e. The highest BCUT2D eigenvalue weighted by Gasteiger charge is 2.07. The van der Waals surface area contributed by atoms with Crippen molar-refractivity contribution in [3.8, 4) is 0 Å². The number of hydrogen-bond donors (Lipinski definition) is 1. The molecule has 0 aliphatic carbocycles. The highest BCUT2D eigenvalue weighted by molar-refractivity contribution is 9.10. The van der Waals surface area contributed by atoms with Gasteiger partial charge in [0.25, 0.3) is 0 Å². The van der Waals surface area contributed by atoms with E-state index in [0.717, 1.165) is 28.5 Å². The average molecular weight is 296 g/mol. The number of nitrogen functional groups attached to an aromatic ring is 1. The van der Waals surface area contributed by atoms with Gasteiger partial charge in [-0.05, 0) is 24.6 Å². The maximum Gasteiger partial charge on any atom is 0.201 e. The lowest BCUT2D eigenvalue weighted by Gasteiger charge is -2.06. The van der Waals surface area contributed by atoms with Crippen LogP contribution in [0.15, 0.2) is 22.7 Å². The number of benzene rings is 1. The quantitative estimate of drug-likeness (QED) is 0.849. The Labute approximate surface area is 110 Å². The summed E-state index contributed by atoms with van der Waals surface area (Å²) < 4.78 is 3.18. The first-order valence-corrected chi connectivity index (χ1v) is 6.93. The van der Waals surface area contributed by atoms with Crippen LogP contribution >= 0.6 is 15.9 Å². The molecular formula is C13H18BrN3. The van der Waals surface area contributed by atoms with Gasteiger partial charge in [0.05, 0.1) is 11.0 Å². The van der Waals surface area contributed by atoms with Crippen molar-refractivity contribution >= 4 is 32.9 Å². The van der Waals surface area contributed by atoms with Gasteiger partial charge in [0.15, 0.2) is 0 Å². The molecule has 2 N–H and O–H groups in total. The number of imidazole rings is 1. The first-order chi connectivity index (χ1) is 8.22. The van der Waals surface area contributed by atoms with Crippen molar-refractivity contribution in [1.29, 1.82) is 0 Å². The summed E-state index contributed by atoms with van der Waals surface area (Å²) in [4.78, 5) is 4.37. The molecule has 92 valence electrons. The number of fused-ring (bicyclic) bond motifs is 1. The summed E-state index contributed by atoms with van der Waals surface area (Å²) >= 11 is 3.49. The van der Waals surface area contributed by atoms with Crippen molar-refractivity contribution in [2.24, 2.45) is 0 Å². The molecule has 0 saturated carbocycles. The SMILES string of the molecule is CCCCCCn1c(N)nc2ccc(Br)cc21. The largest absolute Gasteiger partial charge is 0.369 e. The summed E-state index contributed by atoms with van der Waals surface area (Å²) in [5, 5.41) is 0. The monoisotopic (exact) mass is 295 g/mol. The summed E-state index contributed by atoms with van der Waals surface area (Å²) in [5.74, 6) is 0.620. The molecule has 2 rings (SSSR count). The number of hydrogen-bond acceptors (Lipinski definition) is 2. The van der Waals surface area contributed by atoms with Crippen LogP contribution in [-0.2, 0) is 6.54 Å². The minimum absolute atomic E-state index is 0.620. The van der Waals surface area contributed by atoms with Crippen molar-refractivity contribution in [2.45, 2.75) is 39.2 Å². The lowest BCUT2D eigenvalue weighted by Crippen LogP contribution is -2.03. The minimum atomic E-state index is 0.620. The molecular weight excluding hydrogens is 278 g/mol. The van der Waals surface area contributed by atoms with E-state index in [2.05, 4.69) is 38.5 Å². The number of nitrogens with two attached hydrogens (primary N) is 1. The number of aromatic nitrogens is 2. The van der Waals surface area contributed by atoms with Crippen molar-refractivity contribution in [3.63, 3.8) is 0 Å². The zero-order valence-corrected chi connectivity index (χ0v) is 11.7. The second kappa shape index (κ2) is 5.54. The number of rotatable bonds is 5. The second-order valence-corrected chi connectivity index (χ2v) is 5.23. The molecule has 0 aliphatic heterocycles. The maximum atomic E-state index is 5.95. The van der Waals surface area contributed by atoms with Crippen LogP contribution in [0.5, 0.6) is 0 Å². The van der Waals surface area contributed by atoms with Crippen LogP contribution < -0.4 is 5.73 Å². The standard InChI is InChI=1S/C13H18BrN3/c1-2-3-4-5-8-17-12-9-10(14)6-7-11(12)16-13(17)15/h6-7,9H,2-5,8H2,1H3,(H2,15,16). The summed E-state index contributed by atoms with van der Waals surface area (Å²) in [6.07, 6.45) is 4.96. The number of unbranched alkanes of at least 4 members (excludes halogenated alkanes) is 3. The second-order valence-electron chi connectivity index (χ2n) is 4.32. The molecule has 1 aromatic carbocycles. The highest BCUT2D eigenvalue weighted by Crippen LogP contribution is 2.22. The molecule has 0 fully saturated rings. The third-order valence-electron chi connectivity index (χ3n) is 2.98. The van der Waals surface area contributed by atoms with E-state index < -0.39 is 0 Å². The van der Waals surface area contributed by atoms with Crippen LogP contribution in [0.2, 0.25) is 0 Å². The Morgan fingerprint density at radius 1 is 1.29 bits per heavy atom. The van der Waals surface area contributed by atoms with E-state index in [9.17, 15) is 0 Å². The Bertz CT molecular complexity index is 505. The molecule has 0 unspecified atom stereocenters. The maximum absolute atomic E-state index is 5.95. The Balaban J connectivity index is 2.20. The van der Waals surface area contributed by atoms with Gasteiger partial charge in [-0.15, -0.1) is 0 Å². The number of aryl methyl sites for hydroxylation is 1. The predicted octanol–water partition coefficient (Wildman–Crippen LogP) is 3.96. The fourth-order valence-corrected chi connectivity index (χ4v) is 2.40. The molecule has 0 radical (unpaired) electrons. The van der Waals surface area contributed by atoms with Gasteiger partial charge in [-0.3, -0.25) is 0 Å². The van der Waals surface area contributed by atoms with E-state index in [1.807, 2.05) is 12.1 Å². The number of nitrogens with zero attached hydrogens (tertiary/aromatic N) is 2. The van der Waals surface area contributed by atoms with Gasteiger partial charge in [-0.25, -0.2) is 4.98 Å². The molecule has 1 aromatic heterocycles. The van der Waals surface area contributed by atoms with Crippen molar-refractivity contribution < 1.29 is 0 Å². The number of anilines is 1. The Morgan fingerprint density at radius 3 is 2.88 bits per heavy atom. The molecule has 0 bridgehead atoms. The van der Waals surface area contributed by atoms with Gasteiger partial charge in [0.1, 0.15) is 0 Å². The van der Waals surface area contributed by atoms with E-state index in [4.69, 9.17) is 5.73 Å². The lowest BCUT2D eigenvalue weighted by molar-refractivity contribution is 0.595. The molecule has 0 aliphatic rings. The molecule has 4 heteroatoms. The first kappa shape index (κ1) is 12.4. The van der Waals surface area contributed by atoms with Crippen molar-refractivity contribution in [1.82, 2.24) is 9.55 Å². The van der Waals surface area contributed by atoms with Gasteiger partial charge in [-0.2, -0.15) is 0 Å². The average Bonchev–Trinajstić information content (AvgIpc) is 2.61. The van der Waals surface area contributed by atoms with Crippen LogP contribution in [0.3, 0.4) is 0 Å². The summed E-state index contributed by atoms with van der Waals surface area (Å²) in [6.45, 7) is 3.18. The molecule has 2 aromatic rings. The van der Waals surface area contributed by atoms with Crippen molar-refractivity contribution in [3.05, 3.63) is 22.7 Å². The van der Waals surface area contributed by atoms with Crippen LogP contribution in [0.25, 0.3) is 11.0 Å². The topological polar surface area (TPSA) is 43.8 Å².